The normalized spacial score (nSPS) is 13.3. The molecule has 13 heavy (non-hydrogen) atoms. The predicted octanol–water partition coefficient (Wildman–Crippen LogP) is 1.79. The van der Waals surface area contributed by atoms with Crippen LogP contribution < -0.4 is 9.30 Å². The van der Waals surface area contributed by atoms with Crippen LogP contribution in [0.3, 0.4) is 0 Å². The highest BCUT2D eigenvalue weighted by Gasteiger charge is 2.23. The van der Waals surface area contributed by atoms with Crippen molar-refractivity contribution in [1.29, 1.82) is 0 Å². The zero-order chi connectivity index (χ0) is 8.84. The highest BCUT2D eigenvalue weighted by Crippen LogP contribution is 2.26. The molecule has 0 unspecified atom stereocenters. The third-order valence-electron chi connectivity index (χ3n) is 2.58. The molecule has 1 aliphatic rings. The van der Waals surface area contributed by atoms with Gasteiger partial charge in [0.1, 0.15) is 0 Å². The summed E-state index contributed by atoms with van der Waals surface area (Å²) in [5, 5.41) is 1.25. The largest absolute Gasteiger partial charge is 0.429 e. The van der Waals surface area contributed by atoms with Crippen LogP contribution in [0.4, 0.5) is 0 Å². The Balaban J connectivity index is 2.56. The fourth-order valence-corrected chi connectivity index (χ4v) is 1.86. The molecule has 0 N–H and O–H groups in total. The van der Waals surface area contributed by atoms with Crippen molar-refractivity contribution in [3.8, 4) is 5.75 Å². The van der Waals surface area contributed by atoms with Crippen LogP contribution in [0, 0.1) is 6.92 Å². The van der Waals surface area contributed by atoms with Gasteiger partial charge in [-0.1, -0.05) is 6.07 Å². The predicted molar refractivity (Wildman–Crippen MR) is 49.5 cm³/mol. The zero-order valence-corrected chi connectivity index (χ0v) is 7.45. The minimum Gasteiger partial charge on any atom is -0.429 e. The molecule has 0 radical (unpaired) electrons. The number of aryl methyl sites for hydroxylation is 1. The van der Waals surface area contributed by atoms with E-state index in [0.717, 1.165) is 5.75 Å². The first-order valence-corrected chi connectivity index (χ1v) is 4.41. The van der Waals surface area contributed by atoms with Crippen molar-refractivity contribution in [2.75, 3.05) is 0 Å². The van der Waals surface area contributed by atoms with Crippen molar-refractivity contribution in [2.24, 2.45) is 0 Å². The molecular formula is C11H10NO+. The van der Waals surface area contributed by atoms with Gasteiger partial charge in [0.05, 0.1) is 5.39 Å². The first-order chi connectivity index (χ1) is 6.36. The Morgan fingerprint density at radius 2 is 2.15 bits per heavy atom. The molecule has 1 aromatic carbocycles. The number of ether oxygens (including phenoxy) is 1. The molecule has 0 bridgehead atoms. The summed E-state index contributed by atoms with van der Waals surface area (Å²) in [4.78, 5) is 0. The summed E-state index contributed by atoms with van der Waals surface area (Å²) in [5.74, 6) is 1.00. The van der Waals surface area contributed by atoms with E-state index in [1.54, 1.807) is 0 Å². The Labute approximate surface area is 76.4 Å². The Kier molecular flexibility index (Phi) is 1.18. The lowest BCUT2D eigenvalue weighted by molar-refractivity contribution is -0.694. The van der Waals surface area contributed by atoms with Gasteiger partial charge in [-0.05, 0) is 18.2 Å². The lowest BCUT2D eigenvalue weighted by atomic mass is 10.2. The summed E-state index contributed by atoms with van der Waals surface area (Å²) in [7, 11) is 0. The molecule has 3 rings (SSSR count). The van der Waals surface area contributed by atoms with Gasteiger partial charge < -0.3 is 4.74 Å². The van der Waals surface area contributed by atoms with Crippen molar-refractivity contribution >= 4 is 10.9 Å². The second-order valence-corrected chi connectivity index (χ2v) is 3.37. The molecule has 2 nitrogen and oxygen atoms in total. The van der Waals surface area contributed by atoms with E-state index in [9.17, 15) is 0 Å². The van der Waals surface area contributed by atoms with Crippen LogP contribution in [0.5, 0.6) is 5.75 Å². The summed E-state index contributed by atoms with van der Waals surface area (Å²) in [6.07, 6.45) is 0. The maximum Gasteiger partial charge on any atom is 0.293 e. The number of nitrogens with zero attached hydrogens (tertiary/aromatic N) is 1. The van der Waals surface area contributed by atoms with E-state index in [4.69, 9.17) is 4.74 Å². The average molecular weight is 172 g/mol. The van der Waals surface area contributed by atoms with Gasteiger partial charge >= 0.3 is 0 Å². The third-order valence-corrected chi connectivity index (χ3v) is 2.58. The summed E-state index contributed by atoms with van der Waals surface area (Å²) in [6, 6.07) is 10.4. The van der Waals surface area contributed by atoms with Crippen molar-refractivity contribution in [3.05, 3.63) is 36.0 Å². The standard InChI is InChI=1S/C11H10NO/c1-8-5-6-9-3-2-4-10-11(9)12(8)7-13-10/h2-6H,7H2,1H3/q+1. The van der Waals surface area contributed by atoms with Gasteiger partial charge in [-0.3, -0.25) is 0 Å². The van der Waals surface area contributed by atoms with Gasteiger partial charge in [-0.15, -0.1) is 0 Å². The van der Waals surface area contributed by atoms with E-state index >= 15 is 0 Å². The first kappa shape index (κ1) is 6.89. The summed E-state index contributed by atoms with van der Waals surface area (Å²) >= 11 is 0. The molecule has 1 aromatic heterocycles. The highest BCUT2D eigenvalue weighted by atomic mass is 16.5. The number of hydrogen-bond acceptors (Lipinski definition) is 1. The zero-order valence-electron chi connectivity index (χ0n) is 7.45. The Hall–Kier alpha value is -1.57. The van der Waals surface area contributed by atoms with E-state index in [1.165, 1.54) is 16.6 Å². The Morgan fingerprint density at radius 3 is 3.08 bits per heavy atom. The molecule has 0 atom stereocenters. The molecule has 0 fully saturated rings. The smallest absolute Gasteiger partial charge is 0.293 e. The van der Waals surface area contributed by atoms with Gasteiger partial charge in [0.15, 0.2) is 11.4 Å². The van der Waals surface area contributed by atoms with Gasteiger partial charge in [0.2, 0.25) is 0 Å². The summed E-state index contributed by atoms with van der Waals surface area (Å²) in [5.41, 5.74) is 2.47. The van der Waals surface area contributed by atoms with Gasteiger partial charge in [-0.25, -0.2) is 0 Å². The molecule has 2 aromatic rings. The molecule has 0 spiro atoms. The summed E-state index contributed by atoms with van der Waals surface area (Å²) in [6.45, 7) is 2.76. The number of benzene rings is 1. The molecule has 2 heteroatoms. The first-order valence-electron chi connectivity index (χ1n) is 4.41. The van der Waals surface area contributed by atoms with E-state index in [1.807, 2.05) is 12.1 Å². The number of rotatable bonds is 0. The second-order valence-electron chi connectivity index (χ2n) is 3.37. The number of pyridine rings is 1. The quantitative estimate of drug-likeness (QED) is 0.552. The van der Waals surface area contributed by atoms with E-state index < -0.39 is 0 Å². The topological polar surface area (TPSA) is 13.1 Å². The molecule has 1 aliphatic heterocycles. The van der Waals surface area contributed by atoms with Crippen molar-refractivity contribution in [3.63, 3.8) is 0 Å². The summed E-state index contributed by atoms with van der Waals surface area (Å²) < 4.78 is 7.76. The second kappa shape index (κ2) is 2.22. The van der Waals surface area contributed by atoms with Crippen LogP contribution in [0.15, 0.2) is 30.3 Å². The van der Waals surface area contributed by atoms with Crippen LogP contribution in [0.1, 0.15) is 5.69 Å². The third kappa shape index (κ3) is 0.800. The van der Waals surface area contributed by atoms with Crippen LogP contribution in [-0.4, -0.2) is 0 Å². The Morgan fingerprint density at radius 1 is 1.23 bits per heavy atom. The van der Waals surface area contributed by atoms with Gasteiger partial charge in [-0.2, -0.15) is 4.57 Å². The minimum absolute atomic E-state index is 0.655. The highest BCUT2D eigenvalue weighted by molar-refractivity contribution is 5.82. The van der Waals surface area contributed by atoms with E-state index in [2.05, 4.69) is 29.7 Å². The SMILES string of the molecule is Cc1ccc2cccc3c2[n+]1CO3. The molecule has 0 aliphatic carbocycles. The van der Waals surface area contributed by atoms with Gasteiger partial charge in [0, 0.05) is 13.0 Å². The Bertz CT molecular complexity index is 491. The van der Waals surface area contributed by atoms with Crippen molar-refractivity contribution < 1.29 is 9.30 Å². The fraction of sp³-hybridized carbons (Fsp3) is 0.182. The van der Waals surface area contributed by atoms with Crippen molar-refractivity contribution in [2.45, 2.75) is 13.7 Å². The van der Waals surface area contributed by atoms with Crippen LogP contribution >= 0.6 is 0 Å². The molecule has 0 amide bonds. The number of hydrogen-bond donors (Lipinski definition) is 0. The molecule has 0 saturated carbocycles. The van der Waals surface area contributed by atoms with Crippen LogP contribution in [0.25, 0.3) is 10.9 Å². The molecule has 2 heterocycles. The van der Waals surface area contributed by atoms with Crippen molar-refractivity contribution in [1.82, 2.24) is 0 Å². The maximum absolute atomic E-state index is 5.56. The maximum atomic E-state index is 5.56. The fourth-order valence-electron chi connectivity index (χ4n) is 1.86. The lowest BCUT2D eigenvalue weighted by Crippen LogP contribution is -2.35. The lowest BCUT2D eigenvalue weighted by Gasteiger charge is -1.94. The average Bonchev–Trinajstić information content (AvgIpc) is 2.57. The molecule has 64 valence electrons. The molecular weight excluding hydrogens is 162 g/mol. The van der Waals surface area contributed by atoms with Crippen LogP contribution in [-0.2, 0) is 6.73 Å². The molecule has 0 saturated heterocycles. The monoisotopic (exact) mass is 172 g/mol. The van der Waals surface area contributed by atoms with Gasteiger partial charge in [0.25, 0.3) is 12.2 Å². The minimum atomic E-state index is 0.655. The van der Waals surface area contributed by atoms with E-state index in [-0.39, 0.29) is 0 Å². The number of aromatic nitrogens is 1. The van der Waals surface area contributed by atoms with E-state index in [0.29, 0.717) is 6.73 Å². The van der Waals surface area contributed by atoms with Crippen LogP contribution in [0.2, 0.25) is 0 Å². The number of para-hydroxylation sites is 1.